The SMILES string of the molecule is Cc1ccc2c(c1)CCCCN2C(=O)C1CCN(c2nc3ccccc3o2)CC1. The molecule has 1 saturated heterocycles. The van der Waals surface area contributed by atoms with Crippen molar-refractivity contribution < 1.29 is 9.21 Å². The van der Waals surface area contributed by atoms with Crippen LogP contribution < -0.4 is 9.80 Å². The summed E-state index contributed by atoms with van der Waals surface area (Å²) < 4.78 is 5.91. The van der Waals surface area contributed by atoms with E-state index < -0.39 is 0 Å². The molecule has 1 fully saturated rings. The Morgan fingerprint density at radius 2 is 1.90 bits per heavy atom. The van der Waals surface area contributed by atoms with Crippen molar-refractivity contribution in [3.8, 4) is 0 Å². The number of oxazole rings is 1. The van der Waals surface area contributed by atoms with Gasteiger partial charge in [-0.25, -0.2) is 0 Å². The van der Waals surface area contributed by atoms with Crippen LogP contribution in [-0.4, -0.2) is 30.5 Å². The molecule has 0 atom stereocenters. The van der Waals surface area contributed by atoms with Crippen LogP contribution in [0.2, 0.25) is 0 Å². The van der Waals surface area contributed by atoms with Crippen LogP contribution in [0.25, 0.3) is 11.1 Å². The molecule has 0 N–H and O–H groups in total. The monoisotopic (exact) mass is 389 g/mol. The van der Waals surface area contributed by atoms with Crippen LogP contribution in [0.15, 0.2) is 46.9 Å². The maximum absolute atomic E-state index is 13.4. The molecule has 3 aromatic rings. The lowest BCUT2D eigenvalue weighted by molar-refractivity contribution is -0.123. The summed E-state index contributed by atoms with van der Waals surface area (Å²) in [7, 11) is 0. The van der Waals surface area contributed by atoms with Crippen molar-refractivity contribution in [1.29, 1.82) is 0 Å². The highest BCUT2D eigenvalue weighted by Gasteiger charge is 2.32. The number of carbonyl (C=O) groups excluding carboxylic acids is 1. The molecule has 5 nitrogen and oxygen atoms in total. The number of anilines is 2. The average Bonchev–Trinajstić information content (AvgIpc) is 3.08. The molecule has 150 valence electrons. The lowest BCUT2D eigenvalue weighted by Crippen LogP contribution is -2.43. The van der Waals surface area contributed by atoms with Gasteiger partial charge in [-0.3, -0.25) is 4.79 Å². The lowest BCUT2D eigenvalue weighted by atomic mass is 9.95. The number of para-hydroxylation sites is 2. The van der Waals surface area contributed by atoms with E-state index in [1.54, 1.807) is 0 Å². The molecule has 2 aliphatic heterocycles. The quantitative estimate of drug-likeness (QED) is 0.636. The number of carbonyl (C=O) groups is 1. The molecule has 0 aliphatic carbocycles. The number of rotatable bonds is 2. The first-order valence-electron chi connectivity index (χ1n) is 10.7. The third-order valence-electron chi connectivity index (χ3n) is 6.27. The van der Waals surface area contributed by atoms with Crippen LogP contribution in [0, 0.1) is 12.8 Å². The number of hydrogen-bond donors (Lipinski definition) is 0. The van der Waals surface area contributed by atoms with E-state index in [0.717, 1.165) is 68.5 Å². The van der Waals surface area contributed by atoms with Gasteiger partial charge in [-0.2, -0.15) is 4.98 Å². The molecular weight excluding hydrogens is 362 g/mol. The normalized spacial score (nSPS) is 18.0. The van der Waals surface area contributed by atoms with Crippen LogP contribution >= 0.6 is 0 Å². The highest BCUT2D eigenvalue weighted by Crippen LogP contribution is 2.32. The number of fused-ring (bicyclic) bond motifs is 2. The maximum Gasteiger partial charge on any atom is 0.298 e. The summed E-state index contributed by atoms with van der Waals surface area (Å²) in [6.45, 7) is 4.56. The van der Waals surface area contributed by atoms with Crippen molar-refractivity contribution >= 4 is 28.7 Å². The van der Waals surface area contributed by atoms with Crippen molar-refractivity contribution in [1.82, 2.24) is 4.98 Å². The summed E-state index contributed by atoms with van der Waals surface area (Å²) in [5.41, 5.74) is 5.42. The number of hydrogen-bond acceptors (Lipinski definition) is 4. The van der Waals surface area contributed by atoms with Gasteiger partial charge in [0.2, 0.25) is 5.91 Å². The number of piperidine rings is 1. The predicted octanol–water partition coefficient (Wildman–Crippen LogP) is 4.72. The predicted molar refractivity (Wildman–Crippen MR) is 115 cm³/mol. The van der Waals surface area contributed by atoms with E-state index >= 15 is 0 Å². The smallest absolute Gasteiger partial charge is 0.298 e. The molecule has 3 heterocycles. The van der Waals surface area contributed by atoms with E-state index in [9.17, 15) is 4.79 Å². The Labute approximate surface area is 171 Å². The Bertz CT molecular complexity index is 1000. The van der Waals surface area contributed by atoms with Crippen molar-refractivity contribution in [2.24, 2.45) is 5.92 Å². The summed E-state index contributed by atoms with van der Waals surface area (Å²) in [4.78, 5) is 22.2. The van der Waals surface area contributed by atoms with Gasteiger partial charge >= 0.3 is 0 Å². The van der Waals surface area contributed by atoms with Gasteiger partial charge in [0.1, 0.15) is 5.52 Å². The van der Waals surface area contributed by atoms with Crippen LogP contribution in [0.4, 0.5) is 11.7 Å². The van der Waals surface area contributed by atoms with Crippen LogP contribution in [0.1, 0.15) is 36.8 Å². The highest BCUT2D eigenvalue weighted by molar-refractivity contribution is 5.96. The van der Waals surface area contributed by atoms with E-state index in [1.165, 1.54) is 11.1 Å². The molecule has 0 bridgehead atoms. The minimum Gasteiger partial charge on any atom is -0.423 e. The Kier molecular flexibility index (Phi) is 4.74. The first-order valence-corrected chi connectivity index (χ1v) is 10.7. The fourth-order valence-electron chi connectivity index (χ4n) is 4.65. The van der Waals surface area contributed by atoms with Crippen molar-refractivity contribution in [3.05, 3.63) is 53.6 Å². The van der Waals surface area contributed by atoms with Gasteiger partial charge in [-0.05, 0) is 62.8 Å². The number of aryl methyl sites for hydroxylation is 2. The molecule has 0 saturated carbocycles. The van der Waals surface area contributed by atoms with Gasteiger partial charge < -0.3 is 14.2 Å². The summed E-state index contributed by atoms with van der Waals surface area (Å²) in [5, 5.41) is 0. The minimum absolute atomic E-state index is 0.0721. The Morgan fingerprint density at radius 3 is 2.72 bits per heavy atom. The topological polar surface area (TPSA) is 49.6 Å². The molecule has 1 aromatic heterocycles. The summed E-state index contributed by atoms with van der Waals surface area (Å²) in [5.74, 6) is 0.358. The van der Waals surface area contributed by atoms with Crippen molar-refractivity contribution in [3.63, 3.8) is 0 Å². The lowest BCUT2D eigenvalue weighted by Gasteiger charge is -2.33. The van der Waals surface area contributed by atoms with Crippen molar-refractivity contribution in [2.75, 3.05) is 29.4 Å². The summed E-state index contributed by atoms with van der Waals surface area (Å²) in [6, 6.07) is 15.0. The molecule has 0 radical (unpaired) electrons. The van der Waals surface area contributed by atoms with Gasteiger partial charge in [0.15, 0.2) is 5.58 Å². The van der Waals surface area contributed by atoms with E-state index in [1.807, 2.05) is 24.3 Å². The van der Waals surface area contributed by atoms with Gasteiger partial charge in [0.25, 0.3) is 6.01 Å². The van der Waals surface area contributed by atoms with Gasteiger partial charge in [0.05, 0.1) is 0 Å². The second-order valence-electron chi connectivity index (χ2n) is 8.30. The number of aromatic nitrogens is 1. The molecule has 5 heteroatoms. The van der Waals surface area contributed by atoms with Crippen LogP contribution in [-0.2, 0) is 11.2 Å². The maximum atomic E-state index is 13.4. The fraction of sp³-hybridized carbons (Fsp3) is 0.417. The summed E-state index contributed by atoms with van der Waals surface area (Å²) >= 11 is 0. The summed E-state index contributed by atoms with van der Waals surface area (Å²) in [6.07, 6.45) is 4.97. The van der Waals surface area contributed by atoms with E-state index in [2.05, 4.69) is 39.9 Å². The third-order valence-corrected chi connectivity index (χ3v) is 6.27. The Morgan fingerprint density at radius 1 is 1.07 bits per heavy atom. The van der Waals surface area contributed by atoms with Gasteiger partial charge in [-0.1, -0.05) is 29.8 Å². The molecule has 1 amide bonds. The fourth-order valence-corrected chi connectivity index (χ4v) is 4.65. The van der Waals surface area contributed by atoms with E-state index in [-0.39, 0.29) is 11.8 Å². The minimum atomic E-state index is 0.0721. The second kappa shape index (κ2) is 7.54. The first kappa shape index (κ1) is 18.2. The third kappa shape index (κ3) is 3.50. The molecule has 5 rings (SSSR count). The zero-order valence-corrected chi connectivity index (χ0v) is 16.9. The first-order chi connectivity index (χ1) is 14.2. The van der Waals surface area contributed by atoms with Gasteiger partial charge in [0, 0.05) is 31.2 Å². The number of nitrogens with zero attached hydrogens (tertiary/aromatic N) is 3. The zero-order chi connectivity index (χ0) is 19.8. The second-order valence-corrected chi connectivity index (χ2v) is 8.30. The van der Waals surface area contributed by atoms with Gasteiger partial charge in [-0.15, -0.1) is 0 Å². The standard InChI is InChI=1S/C24H27N3O2/c1-17-9-10-21-19(16-17)6-4-5-13-27(21)23(28)18-11-14-26(15-12-18)24-25-20-7-2-3-8-22(20)29-24/h2-3,7-10,16,18H,4-6,11-15H2,1H3. The Balaban J connectivity index is 1.30. The zero-order valence-electron chi connectivity index (χ0n) is 16.9. The van der Waals surface area contributed by atoms with E-state index in [0.29, 0.717) is 6.01 Å². The molecule has 2 aromatic carbocycles. The number of benzene rings is 2. The molecule has 29 heavy (non-hydrogen) atoms. The number of amides is 1. The molecular formula is C24H27N3O2. The molecule has 2 aliphatic rings. The Hall–Kier alpha value is -2.82. The average molecular weight is 389 g/mol. The van der Waals surface area contributed by atoms with Crippen LogP contribution in [0.3, 0.4) is 0 Å². The van der Waals surface area contributed by atoms with Crippen molar-refractivity contribution in [2.45, 2.75) is 39.0 Å². The molecule has 0 unspecified atom stereocenters. The molecule has 0 spiro atoms. The highest BCUT2D eigenvalue weighted by atomic mass is 16.4. The van der Waals surface area contributed by atoms with Crippen LogP contribution in [0.5, 0.6) is 0 Å². The van der Waals surface area contributed by atoms with E-state index in [4.69, 9.17) is 4.42 Å². The largest absolute Gasteiger partial charge is 0.423 e.